The van der Waals surface area contributed by atoms with Gasteiger partial charge in [0, 0.05) is 19.3 Å². The number of carbonyl (C=O) groups excluding carboxylic acids is 3. The summed E-state index contributed by atoms with van der Waals surface area (Å²) in [6.45, 7) is 6.47. The monoisotopic (exact) mass is 1020 g/mol. The quantitative estimate of drug-likeness (QED) is 0.0261. The molecule has 0 aromatic carbocycles. The van der Waals surface area contributed by atoms with Crippen molar-refractivity contribution in [2.24, 2.45) is 0 Å². The van der Waals surface area contributed by atoms with Crippen molar-refractivity contribution in [3.8, 4) is 0 Å². The van der Waals surface area contributed by atoms with Crippen molar-refractivity contribution >= 4 is 17.9 Å². The van der Waals surface area contributed by atoms with Gasteiger partial charge < -0.3 is 14.2 Å². The summed E-state index contributed by atoms with van der Waals surface area (Å²) < 4.78 is 16.7. The molecule has 0 fully saturated rings. The maximum atomic E-state index is 12.8. The van der Waals surface area contributed by atoms with Gasteiger partial charge in [-0.1, -0.05) is 292 Å². The number of hydrogen-bond acceptors (Lipinski definition) is 6. The van der Waals surface area contributed by atoms with Crippen LogP contribution >= 0.6 is 0 Å². The molecule has 1 atom stereocenters. The average Bonchev–Trinajstić information content (AvgIpc) is 3.39. The first-order valence-corrected chi connectivity index (χ1v) is 31.1. The molecule has 0 aromatic rings. The highest BCUT2D eigenvalue weighted by Crippen LogP contribution is 2.17. The Hall–Kier alpha value is -3.41. The van der Waals surface area contributed by atoms with Crippen LogP contribution in [0.1, 0.15) is 303 Å². The van der Waals surface area contributed by atoms with Crippen LogP contribution in [0.3, 0.4) is 0 Å². The Bertz CT molecular complexity index is 1400. The van der Waals surface area contributed by atoms with Crippen molar-refractivity contribution < 1.29 is 28.6 Å². The van der Waals surface area contributed by atoms with Crippen LogP contribution in [-0.2, 0) is 28.6 Å². The Balaban J connectivity index is 4.01. The Morgan fingerprint density at radius 2 is 0.534 bits per heavy atom. The molecule has 6 nitrogen and oxygen atoms in total. The third-order valence-electron chi connectivity index (χ3n) is 13.4. The molecule has 420 valence electrons. The van der Waals surface area contributed by atoms with E-state index in [1.807, 2.05) is 0 Å². The van der Waals surface area contributed by atoms with Crippen molar-refractivity contribution in [1.82, 2.24) is 0 Å². The zero-order chi connectivity index (χ0) is 52.9. The minimum atomic E-state index is -0.771. The largest absolute Gasteiger partial charge is 0.462 e. The van der Waals surface area contributed by atoms with Gasteiger partial charge in [-0.25, -0.2) is 0 Å². The number of hydrogen-bond donors (Lipinski definition) is 0. The van der Waals surface area contributed by atoms with E-state index in [2.05, 4.69) is 106 Å². The Labute approximate surface area is 452 Å². The van der Waals surface area contributed by atoms with Gasteiger partial charge in [0.15, 0.2) is 6.10 Å². The number of rotatable bonds is 56. The lowest BCUT2D eigenvalue weighted by Gasteiger charge is -2.18. The third kappa shape index (κ3) is 59.3. The lowest BCUT2D eigenvalue weighted by Crippen LogP contribution is -2.30. The smallest absolute Gasteiger partial charge is 0.306 e. The highest BCUT2D eigenvalue weighted by Gasteiger charge is 2.19. The second-order valence-electron chi connectivity index (χ2n) is 20.6. The zero-order valence-electron chi connectivity index (χ0n) is 48.1. The third-order valence-corrected chi connectivity index (χ3v) is 13.4. The van der Waals surface area contributed by atoms with Crippen LogP contribution in [0, 0.1) is 0 Å². The predicted molar refractivity (Wildman–Crippen MR) is 316 cm³/mol. The Kier molecular flexibility index (Phi) is 58.3. The van der Waals surface area contributed by atoms with Crippen LogP contribution in [0.15, 0.2) is 85.1 Å². The molecular weight excluding hydrogens is 901 g/mol. The second-order valence-corrected chi connectivity index (χ2v) is 20.6. The van der Waals surface area contributed by atoms with E-state index in [0.717, 1.165) is 109 Å². The summed E-state index contributed by atoms with van der Waals surface area (Å²) in [6.07, 6.45) is 80.6. The minimum Gasteiger partial charge on any atom is -0.462 e. The van der Waals surface area contributed by atoms with E-state index < -0.39 is 6.10 Å². The summed E-state index contributed by atoms with van der Waals surface area (Å²) in [5.41, 5.74) is 0. The van der Waals surface area contributed by atoms with E-state index in [-0.39, 0.29) is 31.1 Å². The molecule has 0 amide bonds. The van der Waals surface area contributed by atoms with Gasteiger partial charge in [0.1, 0.15) is 13.2 Å². The normalized spacial score (nSPS) is 12.6. The molecule has 0 spiro atoms. The lowest BCUT2D eigenvalue weighted by atomic mass is 10.0. The molecule has 0 aliphatic heterocycles. The Morgan fingerprint density at radius 3 is 0.836 bits per heavy atom. The summed E-state index contributed by atoms with van der Waals surface area (Å²) in [5.74, 6) is -0.879. The van der Waals surface area contributed by atoms with Gasteiger partial charge in [-0.15, -0.1) is 0 Å². The van der Waals surface area contributed by atoms with E-state index in [4.69, 9.17) is 14.2 Å². The SMILES string of the molecule is CC/C=C\C/C=C\C/C=C\C/C=C\C/C=C\C/C=C\C/C=C\CCCCCCCCCCCCCC(=O)OCC(COC(=O)CCCCCCC)OC(=O)CCCCCCCCCCCCCCCCCCC. The molecule has 0 aliphatic rings. The van der Waals surface area contributed by atoms with Crippen LogP contribution in [0.5, 0.6) is 0 Å². The molecule has 0 aliphatic carbocycles. The number of carbonyl (C=O) groups is 3. The van der Waals surface area contributed by atoms with Crippen molar-refractivity contribution in [3.63, 3.8) is 0 Å². The van der Waals surface area contributed by atoms with Gasteiger partial charge in [0.2, 0.25) is 0 Å². The lowest BCUT2D eigenvalue weighted by molar-refractivity contribution is -0.167. The maximum Gasteiger partial charge on any atom is 0.306 e. The molecule has 0 saturated carbocycles. The number of ether oxygens (including phenoxy) is 3. The topological polar surface area (TPSA) is 78.9 Å². The molecule has 0 heterocycles. The van der Waals surface area contributed by atoms with Crippen LogP contribution < -0.4 is 0 Å². The molecule has 0 saturated heterocycles. The number of allylic oxidation sites excluding steroid dienone is 14. The zero-order valence-corrected chi connectivity index (χ0v) is 48.1. The minimum absolute atomic E-state index is 0.0739. The van der Waals surface area contributed by atoms with E-state index >= 15 is 0 Å². The van der Waals surface area contributed by atoms with Crippen molar-refractivity contribution in [1.29, 1.82) is 0 Å². The Morgan fingerprint density at radius 1 is 0.288 bits per heavy atom. The van der Waals surface area contributed by atoms with E-state index in [1.165, 1.54) is 154 Å². The number of esters is 3. The molecule has 1 unspecified atom stereocenters. The summed E-state index contributed by atoms with van der Waals surface area (Å²) in [7, 11) is 0. The van der Waals surface area contributed by atoms with E-state index in [0.29, 0.717) is 19.3 Å². The molecule has 6 heteroatoms. The average molecular weight is 1020 g/mol. The van der Waals surface area contributed by atoms with E-state index in [9.17, 15) is 14.4 Å². The molecule has 0 aromatic heterocycles. The van der Waals surface area contributed by atoms with E-state index in [1.54, 1.807) is 0 Å². The first kappa shape index (κ1) is 69.6. The number of unbranched alkanes of at least 4 members (excludes halogenated alkanes) is 31. The summed E-state index contributed by atoms with van der Waals surface area (Å²) in [4.78, 5) is 37.8. The van der Waals surface area contributed by atoms with Gasteiger partial charge in [-0.2, -0.15) is 0 Å². The molecule has 73 heavy (non-hydrogen) atoms. The fourth-order valence-corrected chi connectivity index (χ4v) is 8.78. The van der Waals surface area contributed by atoms with Gasteiger partial charge >= 0.3 is 17.9 Å². The van der Waals surface area contributed by atoms with Crippen LogP contribution in [0.25, 0.3) is 0 Å². The summed E-state index contributed by atoms with van der Waals surface area (Å²) >= 11 is 0. The van der Waals surface area contributed by atoms with Crippen LogP contribution in [0.4, 0.5) is 0 Å². The molecule has 0 bridgehead atoms. The highest BCUT2D eigenvalue weighted by atomic mass is 16.6. The molecule has 0 radical (unpaired) electrons. The molecular formula is C67H116O6. The summed E-state index contributed by atoms with van der Waals surface area (Å²) in [5, 5.41) is 0. The highest BCUT2D eigenvalue weighted by molar-refractivity contribution is 5.71. The van der Waals surface area contributed by atoms with Crippen molar-refractivity contribution in [2.45, 2.75) is 309 Å². The molecule has 0 rings (SSSR count). The fraction of sp³-hybridized carbons (Fsp3) is 0.746. The summed E-state index contributed by atoms with van der Waals surface area (Å²) in [6, 6.07) is 0. The predicted octanol–water partition coefficient (Wildman–Crippen LogP) is 21.1. The van der Waals surface area contributed by atoms with Gasteiger partial charge in [-0.3, -0.25) is 14.4 Å². The van der Waals surface area contributed by atoms with Crippen LogP contribution in [-0.4, -0.2) is 37.2 Å². The standard InChI is InChI=1S/C67H116O6/c1-4-7-10-13-15-17-19-21-23-25-26-27-28-29-30-31-32-33-34-35-36-37-38-39-40-42-43-45-47-49-51-54-57-60-66(69)72-63-64(62-71-65(68)59-56-53-12-9-6-3)73-67(70)61-58-55-52-50-48-46-44-41-24-22-20-18-16-14-11-8-5-2/h7,10,15,17,21,23,26-27,29-30,32-33,35-36,64H,4-6,8-9,11-14,16,18-20,22,24-25,28,31,34,37-63H2,1-3H3/b10-7-,17-15-,23-21-,27-26-,30-29-,33-32-,36-35-. The van der Waals surface area contributed by atoms with Gasteiger partial charge in [0.25, 0.3) is 0 Å². The van der Waals surface area contributed by atoms with Gasteiger partial charge in [0.05, 0.1) is 0 Å². The first-order valence-electron chi connectivity index (χ1n) is 31.1. The van der Waals surface area contributed by atoms with Crippen molar-refractivity contribution in [2.75, 3.05) is 13.2 Å². The first-order chi connectivity index (χ1) is 36.0. The van der Waals surface area contributed by atoms with Gasteiger partial charge in [-0.05, 0) is 77.0 Å². The fourth-order valence-electron chi connectivity index (χ4n) is 8.78. The maximum absolute atomic E-state index is 12.8. The van der Waals surface area contributed by atoms with Crippen molar-refractivity contribution in [3.05, 3.63) is 85.1 Å². The second kappa shape index (κ2) is 61.1. The molecule has 0 N–H and O–H groups in total. The van der Waals surface area contributed by atoms with Crippen LogP contribution in [0.2, 0.25) is 0 Å².